The van der Waals surface area contributed by atoms with Crippen molar-refractivity contribution in [1.29, 1.82) is 0 Å². The van der Waals surface area contributed by atoms with Crippen molar-refractivity contribution in [3.63, 3.8) is 0 Å². The van der Waals surface area contributed by atoms with Gasteiger partial charge in [-0.25, -0.2) is 0 Å². The highest BCUT2D eigenvalue weighted by Gasteiger charge is 2.17. The minimum Gasteiger partial charge on any atom is -0.496 e. The summed E-state index contributed by atoms with van der Waals surface area (Å²) in [5.74, 6) is 0.855. The van der Waals surface area contributed by atoms with E-state index in [0.29, 0.717) is 0 Å². The van der Waals surface area contributed by atoms with Gasteiger partial charge in [0.05, 0.1) is 13.2 Å². The Morgan fingerprint density at radius 2 is 2.12 bits per heavy atom. The van der Waals surface area contributed by atoms with Crippen LogP contribution in [0.15, 0.2) is 18.2 Å². The maximum absolute atomic E-state index is 10.2. The second-order valence-electron chi connectivity index (χ2n) is 3.98. The molecular formula is C13H21NO2. The van der Waals surface area contributed by atoms with Gasteiger partial charge >= 0.3 is 0 Å². The van der Waals surface area contributed by atoms with Gasteiger partial charge in [0.15, 0.2) is 0 Å². The van der Waals surface area contributed by atoms with E-state index in [1.807, 2.05) is 32.2 Å². The van der Waals surface area contributed by atoms with Gasteiger partial charge in [-0.2, -0.15) is 0 Å². The number of aliphatic hydroxyl groups excluding tert-OH is 1. The molecule has 3 heteroatoms. The van der Waals surface area contributed by atoms with Crippen LogP contribution in [-0.2, 0) is 0 Å². The van der Waals surface area contributed by atoms with E-state index in [1.54, 1.807) is 7.11 Å². The highest BCUT2D eigenvalue weighted by atomic mass is 16.5. The van der Waals surface area contributed by atoms with E-state index < -0.39 is 6.10 Å². The van der Waals surface area contributed by atoms with E-state index in [-0.39, 0.29) is 6.04 Å². The summed E-state index contributed by atoms with van der Waals surface area (Å²) in [6.45, 7) is 4.04. The van der Waals surface area contributed by atoms with Crippen LogP contribution in [0.1, 0.15) is 30.6 Å². The molecule has 0 aliphatic heterocycles. The first kappa shape index (κ1) is 13.0. The number of ether oxygens (including phenoxy) is 1. The summed E-state index contributed by atoms with van der Waals surface area (Å²) in [6.07, 6.45) is 0.419. The summed E-state index contributed by atoms with van der Waals surface area (Å²) >= 11 is 0. The first-order chi connectivity index (χ1) is 7.63. The number of methoxy groups -OCH3 is 1. The second-order valence-corrected chi connectivity index (χ2v) is 3.98. The van der Waals surface area contributed by atoms with Crippen LogP contribution in [-0.4, -0.2) is 25.3 Å². The zero-order valence-corrected chi connectivity index (χ0v) is 10.4. The van der Waals surface area contributed by atoms with Gasteiger partial charge in [0.25, 0.3) is 0 Å². The Balaban J connectivity index is 2.91. The molecule has 0 radical (unpaired) electrons. The average Bonchev–Trinajstić information content (AvgIpc) is 2.30. The molecule has 0 amide bonds. The van der Waals surface area contributed by atoms with E-state index in [9.17, 15) is 5.11 Å². The summed E-state index contributed by atoms with van der Waals surface area (Å²) in [4.78, 5) is 0. The van der Waals surface area contributed by atoms with Crippen LogP contribution in [0, 0.1) is 6.92 Å². The van der Waals surface area contributed by atoms with Gasteiger partial charge < -0.3 is 15.2 Å². The van der Waals surface area contributed by atoms with E-state index in [1.165, 1.54) is 0 Å². The molecule has 90 valence electrons. The van der Waals surface area contributed by atoms with Gasteiger partial charge in [-0.15, -0.1) is 0 Å². The molecule has 0 bridgehead atoms. The molecule has 2 N–H and O–H groups in total. The van der Waals surface area contributed by atoms with Crippen LogP contribution < -0.4 is 10.1 Å². The van der Waals surface area contributed by atoms with Gasteiger partial charge in [-0.05, 0) is 43.7 Å². The average molecular weight is 223 g/mol. The largest absolute Gasteiger partial charge is 0.496 e. The molecule has 0 aliphatic rings. The minimum absolute atomic E-state index is 0.0906. The molecule has 3 nitrogen and oxygen atoms in total. The zero-order chi connectivity index (χ0) is 12.1. The zero-order valence-electron chi connectivity index (χ0n) is 10.4. The molecular weight excluding hydrogens is 202 g/mol. The highest BCUT2D eigenvalue weighted by molar-refractivity contribution is 5.37. The Morgan fingerprint density at radius 3 is 2.56 bits per heavy atom. The SMILES string of the molecule is CCC(NC)C(O)c1ccc(OC)c(C)c1. The van der Waals surface area contributed by atoms with Gasteiger partial charge in [-0.1, -0.05) is 13.0 Å². The minimum atomic E-state index is -0.473. The fraction of sp³-hybridized carbons (Fsp3) is 0.538. The van der Waals surface area contributed by atoms with Crippen LogP contribution in [0.3, 0.4) is 0 Å². The molecule has 0 spiro atoms. The van der Waals surface area contributed by atoms with Crippen molar-refractivity contribution >= 4 is 0 Å². The molecule has 0 saturated carbocycles. The summed E-state index contributed by atoms with van der Waals surface area (Å²) in [5, 5.41) is 13.3. The molecule has 1 aromatic carbocycles. The lowest BCUT2D eigenvalue weighted by Crippen LogP contribution is -2.31. The molecule has 2 atom stereocenters. The monoisotopic (exact) mass is 223 g/mol. The molecule has 1 rings (SSSR count). The molecule has 0 aromatic heterocycles. The smallest absolute Gasteiger partial charge is 0.121 e. The fourth-order valence-electron chi connectivity index (χ4n) is 1.90. The summed E-state index contributed by atoms with van der Waals surface area (Å²) < 4.78 is 5.20. The summed E-state index contributed by atoms with van der Waals surface area (Å²) in [6, 6.07) is 5.88. The topological polar surface area (TPSA) is 41.5 Å². The quantitative estimate of drug-likeness (QED) is 0.802. The Hall–Kier alpha value is -1.06. The lowest BCUT2D eigenvalue weighted by Gasteiger charge is -2.22. The Kier molecular flexibility index (Phi) is 4.77. The first-order valence-corrected chi connectivity index (χ1v) is 5.63. The number of hydrogen-bond acceptors (Lipinski definition) is 3. The molecule has 0 fully saturated rings. The van der Waals surface area contributed by atoms with Crippen molar-refractivity contribution in [2.45, 2.75) is 32.4 Å². The summed E-state index contributed by atoms with van der Waals surface area (Å²) in [7, 11) is 3.52. The van der Waals surface area contributed by atoms with Gasteiger partial charge in [0, 0.05) is 6.04 Å². The number of aliphatic hydroxyl groups is 1. The highest BCUT2D eigenvalue weighted by Crippen LogP contribution is 2.24. The van der Waals surface area contributed by atoms with Crippen LogP contribution >= 0.6 is 0 Å². The van der Waals surface area contributed by atoms with Crippen LogP contribution in [0.25, 0.3) is 0 Å². The maximum atomic E-state index is 10.2. The number of hydrogen-bond donors (Lipinski definition) is 2. The van der Waals surface area contributed by atoms with Crippen molar-refractivity contribution in [2.75, 3.05) is 14.2 Å². The molecule has 16 heavy (non-hydrogen) atoms. The van der Waals surface area contributed by atoms with Gasteiger partial charge in [0.2, 0.25) is 0 Å². The number of likely N-dealkylation sites (N-methyl/N-ethyl adjacent to an activating group) is 1. The first-order valence-electron chi connectivity index (χ1n) is 5.63. The number of nitrogens with one attached hydrogen (secondary N) is 1. The van der Waals surface area contributed by atoms with Crippen molar-refractivity contribution in [1.82, 2.24) is 5.32 Å². The number of rotatable bonds is 5. The third-order valence-corrected chi connectivity index (χ3v) is 2.95. The standard InChI is InChI=1S/C13H21NO2/c1-5-11(14-3)13(15)10-6-7-12(16-4)9(2)8-10/h6-8,11,13-15H,5H2,1-4H3. The van der Waals surface area contributed by atoms with Crippen molar-refractivity contribution in [2.24, 2.45) is 0 Å². The lowest BCUT2D eigenvalue weighted by atomic mass is 9.98. The van der Waals surface area contributed by atoms with Crippen molar-refractivity contribution in [3.8, 4) is 5.75 Å². The third kappa shape index (κ3) is 2.74. The van der Waals surface area contributed by atoms with Crippen molar-refractivity contribution in [3.05, 3.63) is 29.3 Å². The molecule has 0 saturated heterocycles. The van der Waals surface area contributed by atoms with E-state index in [0.717, 1.165) is 23.3 Å². The molecule has 0 heterocycles. The normalized spacial score (nSPS) is 14.6. The van der Waals surface area contributed by atoms with Gasteiger partial charge in [0.1, 0.15) is 5.75 Å². The second kappa shape index (κ2) is 5.87. The molecule has 2 unspecified atom stereocenters. The van der Waals surface area contributed by atoms with Crippen LogP contribution in [0.2, 0.25) is 0 Å². The Morgan fingerprint density at radius 1 is 1.44 bits per heavy atom. The third-order valence-electron chi connectivity index (χ3n) is 2.95. The van der Waals surface area contributed by atoms with E-state index in [4.69, 9.17) is 4.74 Å². The van der Waals surface area contributed by atoms with Crippen LogP contribution in [0.4, 0.5) is 0 Å². The molecule has 1 aromatic rings. The predicted octanol–water partition coefficient (Wildman–Crippen LogP) is 2.04. The number of aryl methyl sites for hydroxylation is 1. The van der Waals surface area contributed by atoms with Crippen LogP contribution in [0.5, 0.6) is 5.75 Å². The van der Waals surface area contributed by atoms with E-state index >= 15 is 0 Å². The fourth-order valence-corrected chi connectivity index (χ4v) is 1.90. The maximum Gasteiger partial charge on any atom is 0.121 e. The summed E-state index contributed by atoms with van der Waals surface area (Å²) in [5.41, 5.74) is 1.98. The Bertz CT molecular complexity index is 335. The van der Waals surface area contributed by atoms with E-state index in [2.05, 4.69) is 12.2 Å². The lowest BCUT2D eigenvalue weighted by molar-refractivity contribution is 0.130. The van der Waals surface area contributed by atoms with Gasteiger partial charge in [-0.3, -0.25) is 0 Å². The Labute approximate surface area is 97.4 Å². The van der Waals surface area contributed by atoms with Crippen molar-refractivity contribution < 1.29 is 9.84 Å². The molecule has 0 aliphatic carbocycles. The predicted molar refractivity (Wildman–Crippen MR) is 65.8 cm³/mol. The number of benzene rings is 1.